The molecule has 1 N–H and O–H groups in total. The zero-order valence-electron chi connectivity index (χ0n) is 11.9. The number of fused-ring (bicyclic) bond motifs is 1. The summed E-state index contributed by atoms with van der Waals surface area (Å²) in [5.41, 5.74) is 3.02. The van der Waals surface area contributed by atoms with Gasteiger partial charge in [-0.2, -0.15) is 0 Å². The molecule has 104 valence electrons. The highest BCUT2D eigenvalue weighted by Crippen LogP contribution is 2.28. The Labute approximate surface area is 116 Å². The van der Waals surface area contributed by atoms with Crippen LogP contribution in [0.4, 0.5) is 0 Å². The summed E-state index contributed by atoms with van der Waals surface area (Å²) in [6, 6.07) is 9.44. The van der Waals surface area contributed by atoms with E-state index in [1.165, 1.54) is 56.7 Å². The molecule has 1 saturated heterocycles. The number of nitrogens with one attached hydrogen (secondary N) is 1. The van der Waals surface area contributed by atoms with Crippen LogP contribution in [0.3, 0.4) is 0 Å². The van der Waals surface area contributed by atoms with Crippen LogP contribution in [-0.2, 0) is 6.54 Å². The molecule has 0 bridgehead atoms. The third kappa shape index (κ3) is 3.16. The molecule has 3 heteroatoms. The maximum atomic E-state index is 3.64. The average Bonchev–Trinajstić information content (AvgIpc) is 2.85. The van der Waals surface area contributed by atoms with Crippen molar-refractivity contribution in [3.63, 3.8) is 0 Å². The van der Waals surface area contributed by atoms with Crippen molar-refractivity contribution in [3.05, 3.63) is 35.4 Å². The number of hydrogen-bond acceptors (Lipinski definition) is 3. The Hall–Kier alpha value is -0.900. The fourth-order valence-electron chi connectivity index (χ4n) is 3.23. The van der Waals surface area contributed by atoms with Gasteiger partial charge in [-0.15, -0.1) is 0 Å². The molecular formula is C16H25N3. The molecule has 1 fully saturated rings. The molecule has 0 amide bonds. The molecule has 19 heavy (non-hydrogen) atoms. The lowest BCUT2D eigenvalue weighted by atomic mass is 10.0. The van der Waals surface area contributed by atoms with Gasteiger partial charge >= 0.3 is 0 Å². The summed E-state index contributed by atoms with van der Waals surface area (Å²) in [5, 5.41) is 3.64. The molecule has 0 saturated carbocycles. The van der Waals surface area contributed by atoms with Gasteiger partial charge in [-0.3, -0.25) is 0 Å². The average molecular weight is 259 g/mol. The van der Waals surface area contributed by atoms with Crippen LogP contribution in [0.15, 0.2) is 24.3 Å². The summed E-state index contributed by atoms with van der Waals surface area (Å²) in [5.74, 6) is 0. The highest BCUT2D eigenvalue weighted by Gasteiger charge is 2.21. The topological polar surface area (TPSA) is 18.5 Å². The number of nitrogens with zero attached hydrogens (tertiary/aromatic N) is 2. The van der Waals surface area contributed by atoms with Gasteiger partial charge in [0.15, 0.2) is 0 Å². The number of likely N-dealkylation sites (N-methyl/N-ethyl adjacent to an activating group) is 1. The van der Waals surface area contributed by atoms with Crippen LogP contribution in [0.2, 0.25) is 0 Å². The molecular weight excluding hydrogens is 234 g/mol. The molecule has 1 aromatic carbocycles. The number of piperazine rings is 1. The van der Waals surface area contributed by atoms with Crippen molar-refractivity contribution in [1.82, 2.24) is 15.1 Å². The van der Waals surface area contributed by atoms with Crippen molar-refractivity contribution in [3.8, 4) is 0 Å². The minimum Gasteiger partial charge on any atom is -0.306 e. The molecule has 1 unspecified atom stereocenters. The van der Waals surface area contributed by atoms with Gasteiger partial charge in [0, 0.05) is 38.8 Å². The second-order valence-electron chi connectivity index (χ2n) is 5.92. The maximum absolute atomic E-state index is 3.64. The van der Waals surface area contributed by atoms with Gasteiger partial charge in [-0.1, -0.05) is 24.3 Å². The summed E-state index contributed by atoms with van der Waals surface area (Å²) in [7, 11) is 2.22. The number of hydrogen-bond donors (Lipinski definition) is 1. The Bertz CT molecular complexity index is 410. The molecule has 2 aliphatic rings. The first-order valence-corrected chi connectivity index (χ1v) is 7.55. The van der Waals surface area contributed by atoms with Gasteiger partial charge in [0.1, 0.15) is 0 Å². The molecule has 1 atom stereocenters. The minimum absolute atomic E-state index is 0.587. The first-order valence-electron chi connectivity index (χ1n) is 7.55. The lowest BCUT2D eigenvalue weighted by Crippen LogP contribution is -2.44. The van der Waals surface area contributed by atoms with Gasteiger partial charge in [0.25, 0.3) is 0 Å². The first-order chi connectivity index (χ1) is 9.33. The van der Waals surface area contributed by atoms with Crippen molar-refractivity contribution < 1.29 is 0 Å². The van der Waals surface area contributed by atoms with E-state index < -0.39 is 0 Å². The molecule has 0 spiro atoms. The van der Waals surface area contributed by atoms with E-state index in [1.807, 2.05) is 0 Å². The first kappa shape index (κ1) is 13.1. The molecule has 2 heterocycles. The number of rotatable bonds is 4. The van der Waals surface area contributed by atoms with Crippen molar-refractivity contribution in [1.29, 1.82) is 0 Å². The van der Waals surface area contributed by atoms with Crippen LogP contribution >= 0.6 is 0 Å². The highest BCUT2D eigenvalue weighted by atomic mass is 15.2. The summed E-state index contributed by atoms with van der Waals surface area (Å²) in [4.78, 5) is 5.03. The van der Waals surface area contributed by atoms with Crippen molar-refractivity contribution in [2.24, 2.45) is 0 Å². The summed E-state index contributed by atoms with van der Waals surface area (Å²) >= 11 is 0. The van der Waals surface area contributed by atoms with E-state index >= 15 is 0 Å². The molecule has 0 aliphatic carbocycles. The summed E-state index contributed by atoms with van der Waals surface area (Å²) < 4.78 is 0. The third-order valence-corrected chi connectivity index (χ3v) is 4.53. The second kappa shape index (κ2) is 6.04. The number of benzene rings is 1. The van der Waals surface area contributed by atoms with E-state index in [9.17, 15) is 0 Å². The molecule has 0 aromatic heterocycles. The van der Waals surface area contributed by atoms with Crippen LogP contribution in [0.25, 0.3) is 0 Å². The quantitative estimate of drug-likeness (QED) is 0.890. The van der Waals surface area contributed by atoms with Gasteiger partial charge in [0.2, 0.25) is 0 Å². The lowest BCUT2D eigenvalue weighted by molar-refractivity contribution is 0.151. The van der Waals surface area contributed by atoms with E-state index in [1.54, 1.807) is 0 Å². The van der Waals surface area contributed by atoms with E-state index in [2.05, 4.69) is 46.4 Å². The Morgan fingerprint density at radius 2 is 1.95 bits per heavy atom. The molecule has 2 aliphatic heterocycles. The Morgan fingerprint density at radius 1 is 1.16 bits per heavy atom. The fourth-order valence-corrected chi connectivity index (χ4v) is 3.23. The Morgan fingerprint density at radius 3 is 2.79 bits per heavy atom. The smallest absolute Gasteiger partial charge is 0.0326 e. The second-order valence-corrected chi connectivity index (χ2v) is 5.92. The molecule has 0 radical (unpaired) electrons. The van der Waals surface area contributed by atoms with Crippen molar-refractivity contribution in [2.75, 3.05) is 39.8 Å². The van der Waals surface area contributed by atoms with E-state index in [4.69, 9.17) is 0 Å². The van der Waals surface area contributed by atoms with Gasteiger partial charge < -0.3 is 15.1 Å². The minimum atomic E-state index is 0.587. The van der Waals surface area contributed by atoms with Gasteiger partial charge in [-0.05, 0) is 37.6 Å². The molecule has 3 nitrogen and oxygen atoms in total. The standard InChI is InChI=1S/C16H25N3/c1-18-9-11-19(12-10-18)8-4-7-16-15-6-3-2-5-14(15)13-17-16/h2-3,5-6,16-17H,4,7-13H2,1H3. The lowest BCUT2D eigenvalue weighted by Gasteiger charge is -2.32. The van der Waals surface area contributed by atoms with E-state index in [0.717, 1.165) is 6.54 Å². The van der Waals surface area contributed by atoms with E-state index in [-0.39, 0.29) is 0 Å². The van der Waals surface area contributed by atoms with Crippen LogP contribution in [0, 0.1) is 0 Å². The monoisotopic (exact) mass is 259 g/mol. The van der Waals surface area contributed by atoms with Crippen LogP contribution in [0.1, 0.15) is 30.0 Å². The van der Waals surface area contributed by atoms with Crippen LogP contribution in [-0.4, -0.2) is 49.6 Å². The summed E-state index contributed by atoms with van der Waals surface area (Å²) in [6.45, 7) is 7.24. The zero-order valence-corrected chi connectivity index (χ0v) is 11.9. The normalized spacial score (nSPS) is 24.6. The predicted octanol–water partition coefficient (Wildman–Crippen LogP) is 1.86. The van der Waals surface area contributed by atoms with E-state index in [0.29, 0.717) is 6.04 Å². The van der Waals surface area contributed by atoms with Crippen LogP contribution < -0.4 is 5.32 Å². The molecule has 3 rings (SSSR count). The maximum Gasteiger partial charge on any atom is 0.0326 e. The third-order valence-electron chi connectivity index (χ3n) is 4.53. The predicted molar refractivity (Wildman–Crippen MR) is 79.2 cm³/mol. The van der Waals surface area contributed by atoms with Gasteiger partial charge in [-0.25, -0.2) is 0 Å². The Balaban J connectivity index is 1.44. The Kier molecular flexibility index (Phi) is 4.16. The highest BCUT2D eigenvalue weighted by molar-refractivity contribution is 5.33. The van der Waals surface area contributed by atoms with Crippen molar-refractivity contribution >= 4 is 0 Å². The van der Waals surface area contributed by atoms with Crippen LogP contribution in [0.5, 0.6) is 0 Å². The fraction of sp³-hybridized carbons (Fsp3) is 0.625. The SMILES string of the molecule is CN1CCN(CCCC2NCc3ccccc32)CC1. The van der Waals surface area contributed by atoms with Gasteiger partial charge in [0.05, 0.1) is 0 Å². The molecule has 1 aromatic rings. The zero-order chi connectivity index (χ0) is 13.1. The van der Waals surface area contributed by atoms with Crippen molar-refractivity contribution in [2.45, 2.75) is 25.4 Å². The largest absolute Gasteiger partial charge is 0.306 e. The summed E-state index contributed by atoms with van der Waals surface area (Å²) in [6.07, 6.45) is 2.57.